The van der Waals surface area contributed by atoms with Gasteiger partial charge in [0, 0.05) is 12.3 Å². The molecule has 0 saturated heterocycles. The first-order valence-electron chi connectivity index (χ1n) is 4.84. The number of ketones is 1. The van der Waals surface area contributed by atoms with Gasteiger partial charge in [-0.1, -0.05) is 24.3 Å². The van der Waals surface area contributed by atoms with Crippen LogP contribution in [-0.4, -0.2) is 5.78 Å². The number of carbonyl (C=O) groups excluding carboxylic acids is 1. The molecular weight excluding hydrogens is 160 g/mol. The standard InChI is InChI=1S/C12H13O/c13-12-8-4-7-11(12)9-10-5-2-1-3-6-10/h2-3,5-6,11H,4,7-9H2. The van der Waals surface area contributed by atoms with Crippen molar-refractivity contribution in [1.29, 1.82) is 0 Å². The molecule has 1 aromatic rings. The van der Waals surface area contributed by atoms with E-state index in [1.165, 1.54) is 5.56 Å². The molecule has 0 aliphatic heterocycles. The van der Waals surface area contributed by atoms with Crippen LogP contribution in [0.1, 0.15) is 24.8 Å². The lowest BCUT2D eigenvalue weighted by Gasteiger charge is -2.06. The van der Waals surface area contributed by atoms with Gasteiger partial charge in [0.25, 0.3) is 0 Å². The Balaban J connectivity index is 2.02. The topological polar surface area (TPSA) is 17.1 Å². The van der Waals surface area contributed by atoms with E-state index in [0.29, 0.717) is 11.7 Å². The summed E-state index contributed by atoms with van der Waals surface area (Å²) in [5, 5.41) is 0. The highest BCUT2D eigenvalue weighted by Gasteiger charge is 2.23. The van der Waals surface area contributed by atoms with E-state index in [1.807, 2.05) is 24.3 Å². The number of benzene rings is 1. The van der Waals surface area contributed by atoms with Crippen molar-refractivity contribution in [1.82, 2.24) is 0 Å². The second-order valence-electron chi connectivity index (χ2n) is 3.67. The maximum Gasteiger partial charge on any atom is 0.136 e. The van der Waals surface area contributed by atoms with E-state index in [1.54, 1.807) is 0 Å². The van der Waals surface area contributed by atoms with Crippen LogP contribution in [-0.2, 0) is 11.2 Å². The Morgan fingerprint density at radius 2 is 2.15 bits per heavy atom. The zero-order chi connectivity index (χ0) is 9.10. The lowest BCUT2D eigenvalue weighted by atomic mass is 9.97. The highest BCUT2D eigenvalue weighted by molar-refractivity contribution is 5.83. The van der Waals surface area contributed by atoms with Crippen molar-refractivity contribution in [2.75, 3.05) is 0 Å². The molecule has 1 nitrogen and oxygen atoms in total. The van der Waals surface area contributed by atoms with E-state index in [4.69, 9.17) is 0 Å². The van der Waals surface area contributed by atoms with Crippen molar-refractivity contribution >= 4 is 5.78 Å². The first-order valence-corrected chi connectivity index (χ1v) is 4.84. The van der Waals surface area contributed by atoms with Gasteiger partial charge >= 0.3 is 0 Å². The van der Waals surface area contributed by atoms with Crippen LogP contribution in [0.3, 0.4) is 0 Å². The molecule has 1 saturated carbocycles. The summed E-state index contributed by atoms with van der Waals surface area (Å²) in [4.78, 5) is 11.4. The maximum absolute atomic E-state index is 11.4. The second kappa shape index (κ2) is 3.73. The van der Waals surface area contributed by atoms with E-state index < -0.39 is 0 Å². The SMILES string of the molecule is O=C1CCCC1Cc1cc[c]cc1. The summed E-state index contributed by atoms with van der Waals surface area (Å²) in [6.07, 6.45) is 3.89. The lowest BCUT2D eigenvalue weighted by Crippen LogP contribution is -2.09. The molecule has 1 aromatic carbocycles. The third kappa shape index (κ3) is 1.97. The van der Waals surface area contributed by atoms with Gasteiger partial charge in [0.1, 0.15) is 5.78 Å². The van der Waals surface area contributed by atoms with Crippen LogP contribution in [0.25, 0.3) is 0 Å². The number of Topliss-reactive ketones (excluding diaryl/α,β-unsaturated/α-hetero) is 1. The molecular formula is C12H13O. The number of hydrogen-bond acceptors (Lipinski definition) is 1. The van der Waals surface area contributed by atoms with Crippen LogP contribution >= 0.6 is 0 Å². The monoisotopic (exact) mass is 173 g/mol. The van der Waals surface area contributed by atoms with E-state index in [-0.39, 0.29) is 0 Å². The zero-order valence-corrected chi connectivity index (χ0v) is 7.62. The van der Waals surface area contributed by atoms with Gasteiger partial charge < -0.3 is 0 Å². The molecule has 0 N–H and O–H groups in total. The Morgan fingerprint density at radius 1 is 1.38 bits per heavy atom. The summed E-state index contributed by atoms with van der Waals surface area (Å²) in [5.41, 5.74) is 1.26. The van der Waals surface area contributed by atoms with Crippen molar-refractivity contribution < 1.29 is 4.79 Å². The first-order chi connectivity index (χ1) is 6.36. The summed E-state index contributed by atoms with van der Waals surface area (Å²) in [6.45, 7) is 0. The minimum absolute atomic E-state index is 0.294. The molecule has 0 heterocycles. The predicted molar refractivity (Wildman–Crippen MR) is 51.3 cm³/mol. The average Bonchev–Trinajstić information content (AvgIpc) is 2.54. The van der Waals surface area contributed by atoms with Crippen molar-refractivity contribution in [2.45, 2.75) is 25.7 Å². The molecule has 1 heteroatoms. The largest absolute Gasteiger partial charge is 0.299 e. The molecule has 1 fully saturated rings. The van der Waals surface area contributed by atoms with E-state index in [9.17, 15) is 4.79 Å². The molecule has 1 atom stereocenters. The Labute approximate surface area is 78.8 Å². The Morgan fingerprint density at radius 3 is 2.77 bits per heavy atom. The van der Waals surface area contributed by atoms with E-state index in [0.717, 1.165) is 25.7 Å². The quantitative estimate of drug-likeness (QED) is 0.671. The summed E-state index contributed by atoms with van der Waals surface area (Å²) in [7, 11) is 0. The highest BCUT2D eigenvalue weighted by Crippen LogP contribution is 2.24. The number of carbonyl (C=O) groups is 1. The fourth-order valence-electron chi connectivity index (χ4n) is 1.95. The molecule has 0 amide bonds. The molecule has 0 bridgehead atoms. The van der Waals surface area contributed by atoms with Gasteiger partial charge in [0.05, 0.1) is 0 Å². The molecule has 1 aliphatic rings. The van der Waals surface area contributed by atoms with Crippen molar-refractivity contribution in [2.24, 2.45) is 5.92 Å². The molecule has 0 spiro atoms. The zero-order valence-electron chi connectivity index (χ0n) is 7.62. The number of rotatable bonds is 2. The normalized spacial score (nSPS) is 22.2. The van der Waals surface area contributed by atoms with Crippen LogP contribution in [0, 0.1) is 12.0 Å². The Hall–Kier alpha value is -1.11. The fourth-order valence-corrected chi connectivity index (χ4v) is 1.95. The van der Waals surface area contributed by atoms with Gasteiger partial charge in [-0.3, -0.25) is 4.79 Å². The maximum atomic E-state index is 11.4. The fraction of sp³-hybridized carbons (Fsp3) is 0.417. The minimum atomic E-state index is 0.294. The van der Waals surface area contributed by atoms with Gasteiger partial charge in [-0.05, 0) is 30.9 Å². The van der Waals surface area contributed by atoms with Crippen LogP contribution in [0.15, 0.2) is 24.3 Å². The van der Waals surface area contributed by atoms with Crippen LogP contribution in [0.4, 0.5) is 0 Å². The molecule has 67 valence electrons. The van der Waals surface area contributed by atoms with Gasteiger partial charge in [-0.15, -0.1) is 0 Å². The molecule has 1 unspecified atom stereocenters. The lowest BCUT2D eigenvalue weighted by molar-refractivity contribution is -0.120. The van der Waals surface area contributed by atoms with Crippen LogP contribution < -0.4 is 0 Å². The summed E-state index contributed by atoms with van der Waals surface area (Å²) in [5.74, 6) is 0.746. The van der Waals surface area contributed by atoms with Crippen molar-refractivity contribution in [3.05, 3.63) is 35.9 Å². The van der Waals surface area contributed by atoms with Gasteiger partial charge in [0.2, 0.25) is 0 Å². The molecule has 13 heavy (non-hydrogen) atoms. The van der Waals surface area contributed by atoms with Gasteiger partial charge in [-0.2, -0.15) is 0 Å². The summed E-state index contributed by atoms with van der Waals surface area (Å²) in [6, 6.07) is 10.9. The van der Waals surface area contributed by atoms with E-state index in [2.05, 4.69) is 6.07 Å². The Bertz CT molecular complexity index is 289. The smallest absolute Gasteiger partial charge is 0.136 e. The van der Waals surface area contributed by atoms with Crippen molar-refractivity contribution in [3.8, 4) is 0 Å². The molecule has 1 aliphatic carbocycles. The van der Waals surface area contributed by atoms with Crippen LogP contribution in [0.2, 0.25) is 0 Å². The first kappa shape index (κ1) is 8.49. The molecule has 0 aromatic heterocycles. The molecule has 2 rings (SSSR count). The number of hydrogen-bond donors (Lipinski definition) is 0. The molecule has 1 radical (unpaired) electrons. The van der Waals surface area contributed by atoms with Crippen LogP contribution in [0.5, 0.6) is 0 Å². The predicted octanol–water partition coefficient (Wildman–Crippen LogP) is 2.40. The average molecular weight is 173 g/mol. The summed E-state index contributed by atoms with van der Waals surface area (Å²) >= 11 is 0. The third-order valence-electron chi connectivity index (χ3n) is 2.70. The summed E-state index contributed by atoms with van der Waals surface area (Å²) < 4.78 is 0. The highest BCUT2D eigenvalue weighted by atomic mass is 16.1. The van der Waals surface area contributed by atoms with Gasteiger partial charge in [0.15, 0.2) is 0 Å². The van der Waals surface area contributed by atoms with Gasteiger partial charge in [-0.25, -0.2) is 0 Å². The van der Waals surface area contributed by atoms with Crippen molar-refractivity contribution in [3.63, 3.8) is 0 Å². The minimum Gasteiger partial charge on any atom is -0.299 e. The third-order valence-corrected chi connectivity index (χ3v) is 2.70. The second-order valence-corrected chi connectivity index (χ2v) is 3.67. The Kier molecular flexibility index (Phi) is 2.44. The van der Waals surface area contributed by atoms with E-state index >= 15 is 0 Å².